The fourth-order valence-corrected chi connectivity index (χ4v) is 4.65. The number of nitrogens with one attached hydrogen (secondary N) is 1. The highest BCUT2D eigenvalue weighted by Crippen LogP contribution is 2.45. The van der Waals surface area contributed by atoms with Gasteiger partial charge in [-0.15, -0.1) is 0 Å². The third kappa shape index (κ3) is 6.71. The van der Waals surface area contributed by atoms with E-state index in [1.54, 1.807) is 0 Å². The van der Waals surface area contributed by atoms with Crippen LogP contribution in [0.3, 0.4) is 0 Å². The van der Waals surface area contributed by atoms with Crippen molar-refractivity contribution in [3.63, 3.8) is 0 Å². The minimum Gasteiger partial charge on any atom is -0.491 e. The molecular formula is C27H36Cl2N4O3. The van der Waals surface area contributed by atoms with Gasteiger partial charge in [-0.3, -0.25) is 4.79 Å². The molecule has 1 aliphatic carbocycles. The summed E-state index contributed by atoms with van der Waals surface area (Å²) in [7, 11) is 0. The molecule has 1 amide bonds. The summed E-state index contributed by atoms with van der Waals surface area (Å²) < 4.78 is 12.1. The second-order valence-corrected chi connectivity index (χ2v) is 9.35. The Hall–Kier alpha value is -2.32. The highest BCUT2D eigenvalue weighted by Gasteiger charge is 2.29. The van der Waals surface area contributed by atoms with Crippen LogP contribution in [-0.4, -0.2) is 73.9 Å². The number of ether oxygens (including phenoxy) is 2. The van der Waals surface area contributed by atoms with E-state index in [0.29, 0.717) is 40.5 Å². The topological polar surface area (TPSA) is 66.4 Å². The second kappa shape index (κ2) is 13.3. The Morgan fingerprint density at radius 2 is 1.19 bits per heavy atom. The monoisotopic (exact) mass is 534 g/mol. The van der Waals surface area contributed by atoms with Gasteiger partial charge in [0.1, 0.15) is 24.7 Å². The maximum atomic E-state index is 11.7. The zero-order valence-corrected chi connectivity index (χ0v) is 23.3. The van der Waals surface area contributed by atoms with Gasteiger partial charge < -0.3 is 19.3 Å². The molecule has 2 aromatic rings. The number of amides is 1. The van der Waals surface area contributed by atoms with Crippen molar-refractivity contribution in [2.24, 2.45) is 5.10 Å². The molecule has 0 saturated heterocycles. The minimum atomic E-state index is -0.258. The summed E-state index contributed by atoms with van der Waals surface area (Å²) in [4.78, 5) is 16.2. The number of benzene rings is 2. The van der Waals surface area contributed by atoms with Gasteiger partial charge in [0.2, 0.25) is 5.91 Å². The molecule has 0 unspecified atom stereocenters. The number of halogens is 2. The van der Waals surface area contributed by atoms with Crippen LogP contribution in [0.25, 0.3) is 11.1 Å². The zero-order valence-electron chi connectivity index (χ0n) is 21.8. The number of rotatable bonds is 13. The van der Waals surface area contributed by atoms with Crippen molar-refractivity contribution in [2.75, 3.05) is 52.5 Å². The van der Waals surface area contributed by atoms with Crippen molar-refractivity contribution in [1.82, 2.24) is 15.2 Å². The van der Waals surface area contributed by atoms with Gasteiger partial charge in [-0.25, -0.2) is 5.43 Å². The SMILES string of the molecule is CCN(CC)CCOc1cc2c(cc1Cl)-c1cc(Cl)c(OCCN(CC)CC)cc1C2=NNC(C)=O. The normalized spacial score (nSPS) is 12.1. The number of hydrogen-bond acceptors (Lipinski definition) is 6. The molecule has 0 aliphatic heterocycles. The van der Waals surface area contributed by atoms with Crippen molar-refractivity contribution < 1.29 is 14.3 Å². The molecular weight excluding hydrogens is 499 g/mol. The number of nitrogens with zero attached hydrogens (tertiary/aromatic N) is 3. The third-order valence-corrected chi connectivity index (χ3v) is 6.98. The lowest BCUT2D eigenvalue weighted by Crippen LogP contribution is -2.28. The van der Waals surface area contributed by atoms with Gasteiger partial charge >= 0.3 is 0 Å². The summed E-state index contributed by atoms with van der Waals surface area (Å²) in [6, 6.07) is 7.51. The summed E-state index contributed by atoms with van der Waals surface area (Å²) in [5, 5.41) is 5.44. The number of carbonyl (C=O) groups excluding carboxylic acids is 1. The highest BCUT2D eigenvalue weighted by molar-refractivity contribution is 6.35. The molecule has 1 N–H and O–H groups in total. The largest absolute Gasteiger partial charge is 0.491 e. The fourth-order valence-electron chi connectivity index (χ4n) is 4.21. The van der Waals surface area contributed by atoms with Crippen LogP contribution in [0.1, 0.15) is 45.7 Å². The van der Waals surface area contributed by atoms with Crippen LogP contribution < -0.4 is 14.9 Å². The summed E-state index contributed by atoms with van der Waals surface area (Å²) in [6.45, 7) is 16.4. The number of hydrazone groups is 1. The standard InChI is InChI=1S/C27H36Cl2N4O3/c1-6-32(7-2)10-12-35-25-16-21-19(14-23(25)28)20-15-24(29)26(36-13-11-33(8-3)9-4)17-22(20)27(21)31-30-18(5)34/h14-17H,6-13H2,1-5H3,(H,30,34). The van der Waals surface area contributed by atoms with E-state index in [1.807, 2.05) is 24.3 Å². The Morgan fingerprint density at radius 3 is 1.56 bits per heavy atom. The van der Waals surface area contributed by atoms with Crippen molar-refractivity contribution >= 4 is 34.8 Å². The predicted octanol–water partition coefficient (Wildman–Crippen LogP) is 5.30. The quantitative estimate of drug-likeness (QED) is 0.301. The number of hydrogen-bond donors (Lipinski definition) is 1. The van der Waals surface area contributed by atoms with E-state index in [2.05, 4.69) is 48.0 Å². The second-order valence-electron chi connectivity index (χ2n) is 8.54. The van der Waals surface area contributed by atoms with E-state index >= 15 is 0 Å². The molecule has 0 fully saturated rings. The fraction of sp³-hybridized carbons (Fsp3) is 0.481. The van der Waals surface area contributed by atoms with E-state index in [0.717, 1.165) is 61.5 Å². The van der Waals surface area contributed by atoms with Crippen LogP contribution >= 0.6 is 23.2 Å². The van der Waals surface area contributed by atoms with Crippen LogP contribution in [0.4, 0.5) is 0 Å². The van der Waals surface area contributed by atoms with Gasteiger partial charge in [-0.1, -0.05) is 50.9 Å². The van der Waals surface area contributed by atoms with Crippen molar-refractivity contribution in [3.8, 4) is 22.6 Å². The first-order chi connectivity index (χ1) is 17.3. The van der Waals surface area contributed by atoms with E-state index < -0.39 is 0 Å². The lowest BCUT2D eigenvalue weighted by atomic mass is 10.1. The molecule has 0 spiro atoms. The number of likely N-dealkylation sites (N-methyl/N-ethyl adjacent to an activating group) is 2. The number of fused-ring (bicyclic) bond motifs is 3. The third-order valence-electron chi connectivity index (χ3n) is 6.39. The van der Waals surface area contributed by atoms with Crippen LogP contribution in [0, 0.1) is 0 Å². The molecule has 0 saturated carbocycles. The van der Waals surface area contributed by atoms with Gasteiger partial charge in [0, 0.05) is 31.1 Å². The Morgan fingerprint density at radius 1 is 0.778 bits per heavy atom. The molecule has 0 radical (unpaired) electrons. The Kier molecular flexibility index (Phi) is 10.4. The molecule has 2 aromatic carbocycles. The van der Waals surface area contributed by atoms with E-state index in [-0.39, 0.29) is 5.91 Å². The van der Waals surface area contributed by atoms with Crippen molar-refractivity contribution in [3.05, 3.63) is 45.4 Å². The lowest BCUT2D eigenvalue weighted by molar-refractivity contribution is -0.118. The van der Waals surface area contributed by atoms with E-state index in [9.17, 15) is 4.79 Å². The van der Waals surface area contributed by atoms with Crippen LogP contribution in [0.5, 0.6) is 11.5 Å². The van der Waals surface area contributed by atoms with Crippen LogP contribution in [0.2, 0.25) is 10.0 Å². The van der Waals surface area contributed by atoms with Gasteiger partial charge in [0.15, 0.2) is 0 Å². The molecule has 9 heteroatoms. The Bertz CT molecular complexity index is 1020. The molecule has 0 aromatic heterocycles. The highest BCUT2D eigenvalue weighted by atomic mass is 35.5. The Labute approximate surface area is 224 Å². The maximum absolute atomic E-state index is 11.7. The molecule has 0 bridgehead atoms. The average Bonchev–Trinajstić information content (AvgIpc) is 3.14. The summed E-state index contributed by atoms with van der Waals surface area (Å²) in [5.74, 6) is 0.896. The molecule has 36 heavy (non-hydrogen) atoms. The maximum Gasteiger partial charge on any atom is 0.236 e. The molecule has 196 valence electrons. The summed E-state index contributed by atoms with van der Waals surface area (Å²) in [5.41, 5.74) is 6.59. The number of carbonyl (C=O) groups is 1. The molecule has 1 aliphatic rings. The van der Waals surface area contributed by atoms with E-state index in [1.165, 1.54) is 6.92 Å². The van der Waals surface area contributed by atoms with E-state index in [4.69, 9.17) is 32.7 Å². The average molecular weight is 536 g/mol. The van der Waals surface area contributed by atoms with Gasteiger partial charge in [0.05, 0.1) is 15.8 Å². The van der Waals surface area contributed by atoms with Crippen molar-refractivity contribution in [2.45, 2.75) is 34.6 Å². The molecule has 0 atom stereocenters. The molecule has 7 nitrogen and oxygen atoms in total. The first kappa shape index (κ1) is 28.3. The van der Waals surface area contributed by atoms with Crippen LogP contribution in [-0.2, 0) is 4.79 Å². The first-order valence-electron chi connectivity index (χ1n) is 12.6. The smallest absolute Gasteiger partial charge is 0.236 e. The molecule has 3 rings (SSSR count). The van der Waals surface area contributed by atoms with Gasteiger partial charge in [-0.2, -0.15) is 5.10 Å². The molecule has 0 heterocycles. The van der Waals surface area contributed by atoms with Gasteiger partial charge in [0.25, 0.3) is 0 Å². The van der Waals surface area contributed by atoms with Crippen molar-refractivity contribution in [1.29, 1.82) is 0 Å². The van der Waals surface area contributed by atoms with Crippen LogP contribution in [0.15, 0.2) is 29.4 Å². The zero-order chi connectivity index (χ0) is 26.2. The summed E-state index contributed by atoms with van der Waals surface area (Å²) >= 11 is 13.2. The predicted molar refractivity (Wildman–Crippen MR) is 148 cm³/mol. The van der Waals surface area contributed by atoms with Gasteiger partial charge in [-0.05, 0) is 61.6 Å². The first-order valence-corrected chi connectivity index (χ1v) is 13.3. The minimum absolute atomic E-state index is 0.258. The lowest BCUT2D eigenvalue weighted by Gasteiger charge is -2.18. The summed E-state index contributed by atoms with van der Waals surface area (Å²) in [6.07, 6.45) is 0. The Balaban J connectivity index is 1.93.